The lowest BCUT2D eigenvalue weighted by Gasteiger charge is -2.10. The van der Waals surface area contributed by atoms with E-state index in [1.165, 1.54) is 0 Å². The lowest BCUT2D eigenvalue weighted by molar-refractivity contribution is -0.121. The van der Waals surface area contributed by atoms with Gasteiger partial charge in [0.15, 0.2) is 0 Å². The van der Waals surface area contributed by atoms with Crippen molar-refractivity contribution in [1.82, 2.24) is 10.3 Å². The third kappa shape index (κ3) is 2.93. The number of anilines is 1. The summed E-state index contributed by atoms with van der Waals surface area (Å²) in [5.74, 6) is -0.0206. The topological polar surface area (TPSA) is 77.2 Å². The van der Waals surface area contributed by atoms with Gasteiger partial charge in [-0.1, -0.05) is 0 Å². The second kappa shape index (κ2) is 4.94. The number of nitrogens with two attached hydrogens (primary N) is 1. The van der Waals surface area contributed by atoms with Crippen LogP contribution in [-0.2, 0) is 16.0 Å². The maximum atomic E-state index is 11.6. The number of pyridine rings is 1. The van der Waals surface area contributed by atoms with Gasteiger partial charge in [-0.05, 0) is 18.6 Å². The lowest BCUT2D eigenvalue weighted by Crippen LogP contribution is -2.36. The third-order valence-corrected chi connectivity index (χ3v) is 2.48. The van der Waals surface area contributed by atoms with Crippen LogP contribution in [0.25, 0.3) is 0 Å². The first kappa shape index (κ1) is 10.9. The molecule has 0 bridgehead atoms. The molecule has 1 saturated heterocycles. The molecule has 1 unspecified atom stereocenters. The van der Waals surface area contributed by atoms with Crippen LogP contribution in [0, 0.1) is 0 Å². The van der Waals surface area contributed by atoms with Crippen molar-refractivity contribution >= 4 is 11.6 Å². The maximum Gasteiger partial charge on any atom is 0.226 e. The Hall–Kier alpha value is -1.62. The van der Waals surface area contributed by atoms with Gasteiger partial charge in [0.25, 0.3) is 0 Å². The van der Waals surface area contributed by atoms with Gasteiger partial charge in [0, 0.05) is 12.3 Å². The summed E-state index contributed by atoms with van der Waals surface area (Å²) in [6.45, 7) is 1.34. The van der Waals surface area contributed by atoms with Gasteiger partial charge in [0.05, 0.1) is 31.0 Å². The van der Waals surface area contributed by atoms with Crippen molar-refractivity contribution in [1.29, 1.82) is 0 Å². The van der Waals surface area contributed by atoms with Crippen LogP contribution < -0.4 is 11.1 Å². The normalized spacial score (nSPS) is 19.6. The highest BCUT2D eigenvalue weighted by molar-refractivity contribution is 5.78. The molecule has 16 heavy (non-hydrogen) atoms. The molecule has 1 aromatic rings. The zero-order chi connectivity index (χ0) is 11.4. The molecule has 1 fully saturated rings. The van der Waals surface area contributed by atoms with Crippen LogP contribution >= 0.6 is 0 Å². The maximum absolute atomic E-state index is 11.6. The minimum atomic E-state index is -0.0206. The van der Waals surface area contributed by atoms with E-state index < -0.39 is 0 Å². The molecular weight excluding hydrogens is 206 g/mol. The van der Waals surface area contributed by atoms with Crippen molar-refractivity contribution in [3.8, 4) is 0 Å². The van der Waals surface area contributed by atoms with Gasteiger partial charge in [-0.3, -0.25) is 9.78 Å². The van der Waals surface area contributed by atoms with E-state index in [1.807, 2.05) is 0 Å². The van der Waals surface area contributed by atoms with Gasteiger partial charge in [-0.25, -0.2) is 0 Å². The van der Waals surface area contributed by atoms with Crippen molar-refractivity contribution < 1.29 is 9.53 Å². The summed E-state index contributed by atoms with van der Waals surface area (Å²) in [4.78, 5) is 15.7. The Morgan fingerprint density at radius 1 is 1.62 bits per heavy atom. The number of carbonyl (C=O) groups is 1. The first-order valence-electron chi connectivity index (χ1n) is 5.31. The third-order valence-electron chi connectivity index (χ3n) is 2.48. The monoisotopic (exact) mass is 221 g/mol. The summed E-state index contributed by atoms with van der Waals surface area (Å²) < 4.78 is 5.18. The Morgan fingerprint density at radius 3 is 3.12 bits per heavy atom. The number of ether oxygens (including phenoxy) is 1. The van der Waals surface area contributed by atoms with E-state index in [9.17, 15) is 4.79 Å². The predicted molar refractivity (Wildman–Crippen MR) is 59.7 cm³/mol. The molecule has 2 heterocycles. The van der Waals surface area contributed by atoms with E-state index in [4.69, 9.17) is 10.5 Å². The number of nitrogen functional groups attached to an aromatic ring is 1. The zero-order valence-electron chi connectivity index (χ0n) is 8.98. The van der Waals surface area contributed by atoms with Crippen LogP contribution in [0.4, 0.5) is 5.69 Å². The quantitative estimate of drug-likeness (QED) is 0.759. The standard InChI is InChI=1S/C11H15N3O2/c12-8-1-2-9(13-6-8)5-11(15)14-10-3-4-16-7-10/h1-2,6,10H,3-5,7,12H2,(H,14,15). The predicted octanol–water partition coefficient (Wildman–Crippen LogP) is 0.111. The van der Waals surface area contributed by atoms with Gasteiger partial charge in [-0.2, -0.15) is 0 Å². The number of rotatable bonds is 3. The van der Waals surface area contributed by atoms with E-state index in [1.54, 1.807) is 18.3 Å². The second-order valence-electron chi connectivity index (χ2n) is 3.89. The molecule has 86 valence electrons. The first-order valence-corrected chi connectivity index (χ1v) is 5.31. The Morgan fingerprint density at radius 2 is 2.50 bits per heavy atom. The van der Waals surface area contributed by atoms with Gasteiger partial charge < -0.3 is 15.8 Å². The molecular formula is C11H15N3O2. The van der Waals surface area contributed by atoms with Crippen molar-refractivity contribution in [2.45, 2.75) is 18.9 Å². The molecule has 1 aliphatic heterocycles. The van der Waals surface area contributed by atoms with Crippen molar-refractivity contribution in [3.05, 3.63) is 24.0 Å². The van der Waals surface area contributed by atoms with Gasteiger partial charge >= 0.3 is 0 Å². The molecule has 0 saturated carbocycles. The molecule has 0 radical (unpaired) electrons. The summed E-state index contributed by atoms with van der Waals surface area (Å²) in [6, 6.07) is 3.66. The smallest absolute Gasteiger partial charge is 0.226 e. The molecule has 1 atom stereocenters. The number of hydrogen-bond donors (Lipinski definition) is 2. The summed E-state index contributed by atoms with van der Waals surface area (Å²) in [7, 11) is 0. The largest absolute Gasteiger partial charge is 0.397 e. The fraction of sp³-hybridized carbons (Fsp3) is 0.455. The first-order chi connectivity index (χ1) is 7.74. The fourth-order valence-corrected chi connectivity index (χ4v) is 1.63. The Labute approximate surface area is 94.0 Å². The van der Waals surface area contributed by atoms with Gasteiger partial charge in [0.2, 0.25) is 5.91 Å². The zero-order valence-corrected chi connectivity index (χ0v) is 8.98. The minimum absolute atomic E-state index is 0.0206. The summed E-state index contributed by atoms with van der Waals surface area (Å²) >= 11 is 0. The molecule has 3 N–H and O–H groups in total. The molecule has 0 aliphatic carbocycles. The van der Waals surface area contributed by atoms with Crippen LogP contribution in [0.3, 0.4) is 0 Å². The van der Waals surface area contributed by atoms with Crippen LogP contribution in [0.15, 0.2) is 18.3 Å². The number of nitrogens with one attached hydrogen (secondary N) is 1. The number of hydrogen-bond acceptors (Lipinski definition) is 4. The molecule has 5 nitrogen and oxygen atoms in total. The van der Waals surface area contributed by atoms with Crippen molar-refractivity contribution in [3.63, 3.8) is 0 Å². The van der Waals surface area contributed by atoms with Gasteiger partial charge in [-0.15, -0.1) is 0 Å². The molecule has 5 heteroatoms. The Kier molecular flexibility index (Phi) is 3.36. The molecule has 1 amide bonds. The van der Waals surface area contributed by atoms with Gasteiger partial charge in [0.1, 0.15) is 0 Å². The minimum Gasteiger partial charge on any atom is -0.397 e. The SMILES string of the molecule is Nc1ccc(CC(=O)NC2CCOC2)nc1. The van der Waals surface area contributed by atoms with Crippen LogP contribution in [-0.4, -0.2) is 30.1 Å². The number of nitrogens with zero attached hydrogens (tertiary/aromatic N) is 1. The number of amides is 1. The molecule has 0 aromatic carbocycles. The summed E-state index contributed by atoms with van der Waals surface area (Å²) in [5, 5.41) is 2.91. The van der Waals surface area contributed by atoms with Crippen LogP contribution in [0.2, 0.25) is 0 Å². The summed E-state index contributed by atoms with van der Waals surface area (Å²) in [5.41, 5.74) is 6.84. The lowest BCUT2D eigenvalue weighted by atomic mass is 10.2. The molecule has 1 aliphatic rings. The van der Waals surface area contributed by atoms with E-state index in [0.717, 1.165) is 18.7 Å². The fourth-order valence-electron chi connectivity index (χ4n) is 1.63. The molecule has 1 aromatic heterocycles. The van der Waals surface area contributed by atoms with E-state index in [2.05, 4.69) is 10.3 Å². The Bertz CT molecular complexity index is 358. The van der Waals surface area contributed by atoms with Crippen LogP contribution in [0.5, 0.6) is 0 Å². The van der Waals surface area contributed by atoms with Crippen LogP contribution in [0.1, 0.15) is 12.1 Å². The number of aromatic nitrogens is 1. The summed E-state index contributed by atoms with van der Waals surface area (Å²) in [6.07, 6.45) is 2.74. The number of carbonyl (C=O) groups excluding carboxylic acids is 1. The highest BCUT2D eigenvalue weighted by Gasteiger charge is 2.17. The van der Waals surface area contributed by atoms with Crippen molar-refractivity contribution in [2.24, 2.45) is 0 Å². The Balaban J connectivity index is 1.84. The average Bonchev–Trinajstić information content (AvgIpc) is 2.74. The van der Waals surface area contributed by atoms with Crippen molar-refractivity contribution in [2.75, 3.05) is 18.9 Å². The molecule has 0 spiro atoms. The second-order valence-corrected chi connectivity index (χ2v) is 3.89. The van der Waals surface area contributed by atoms with E-state index in [0.29, 0.717) is 12.3 Å². The average molecular weight is 221 g/mol. The van der Waals surface area contributed by atoms with E-state index >= 15 is 0 Å². The van der Waals surface area contributed by atoms with E-state index in [-0.39, 0.29) is 18.4 Å². The highest BCUT2D eigenvalue weighted by atomic mass is 16.5. The highest BCUT2D eigenvalue weighted by Crippen LogP contribution is 2.05. The molecule has 2 rings (SSSR count).